The zero-order chi connectivity index (χ0) is 16.7. The number of hydrogen-bond donors (Lipinski definition) is 1. The van der Waals surface area contributed by atoms with Crippen LogP contribution in [0.4, 0.5) is 4.39 Å². The van der Waals surface area contributed by atoms with Gasteiger partial charge in [-0.3, -0.25) is 9.67 Å². The lowest BCUT2D eigenvalue weighted by Crippen LogP contribution is -2.14. The quantitative estimate of drug-likeness (QED) is 0.802. The summed E-state index contributed by atoms with van der Waals surface area (Å²) in [6, 6.07) is 8.87. The third-order valence-corrected chi connectivity index (χ3v) is 4.69. The van der Waals surface area contributed by atoms with Crippen molar-refractivity contribution in [2.24, 2.45) is 7.05 Å². The SMILES string of the molecule is CNC1CCc2c(-c3cn(C)nc3-c3ccc(F)cc3)ccnc21. The summed E-state index contributed by atoms with van der Waals surface area (Å²) in [5.74, 6) is -0.238. The van der Waals surface area contributed by atoms with Crippen LogP contribution in [0.2, 0.25) is 0 Å². The van der Waals surface area contributed by atoms with Crippen molar-refractivity contribution in [2.75, 3.05) is 7.05 Å². The molecule has 4 rings (SSSR count). The van der Waals surface area contributed by atoms with E-state index >= 15 is 0 Å². The van der Waals surface area contributed by atoms with Crippen LogP contribution in [0.15, 0.2) is 42.7 Å². The predicted molar refractivity (Wildman–Crippen MR) is 92.0 cm³/mol. The van der Waals surface area contributed by atoms with E-state index in [2.05, 4.69) is 21.5 Å². The summed E-state index contributed by atoms with van der Waals surface area (Å²) in [4.78, 5) is 4.58. The first-order valence-corrected chi connectivity index (χ1v) is 8.12. The van der Waals surface area contributed by atoms with E-state index in [9.17, 15) is 4.39 Å². The Bertz CT molecular complexity index is 883. The molecule has 0 amide bonds. The van der Waals surface area contributed by atoms with Crippen molar-refractivity contribution in [1.29, 1.82) is 0 Å². The molecule has 4 nitrogen and oxygen atoms in total. The molecule has 0 saturated heterocycles. The van der Waals surface area contributed by atoms with Crippen molar-refractivity contribution in [1.82, 2.24) is 20.1 Å². The lowest BCUT2D eigenvalue weighted by atomic mass is 9.97. The van der Waals surface area contributed by atoms with E-state index in [0.29, 0.717) is 6.04 Å². The second-order valence-corrected chi connectivity index (χ2v) is 6.17. The molecule has 0 radical (unpaired) electrons. The molecule has 3 aromatic rings. The normalized spacial score (nSPS) is 16.4. The van der Waals surface area contributed by atoms with Gasteiger partial charge in [0.1, 0.15) is 11.5 Å². The molecule has 122 valence electrons. The van der Waals surface area contributed by atoms with Gasteiger partial charge in [0.25, 0.3) is 0 Å². The summed E-state index contributed by atoms with van der Waals surface area (Å²) < 4.78 is 15.1. The average molecular weight is 322 g/mol. The second kappa shape index (κ2) is 5.83. The number of rotatable bonds is 3. The van der Waals surface area contributed by atoms with E-state index in [1.807, 2.05) is 31.2 Å². The summed E-state index contributed by atoms with van der Waals surface area (Å²) in [5.41, 5.74) is 6.45. The summed E-state index contributed by atoms with van der Waals surface area (Å²) in [5, 5.41) is 7.94. The molecule has 2 aromatic heterocycles. The Morgan fingerprint density at radius 2 is 1.96 bits per heavy atom. The van der Waals surface area contributed by atoms with Crippen molar-refractivity contribution < 1.29 is 4.39 Å². The first kappa shape index (κ1) is 15.0. The molecule has 0 fully saturated rings. The fourth-order valence-corrected chi connectivity index (χ4v) is 3.54. The van der Waals surface area contributed by atoms with Crippen molar-refractivity contribution >= 4 is 0 Å². The molecule has 1 N–H and O–H groups in total. The minimum absolute atomic E-state index is 0.238. The Kier molecular flexibility index (Phi) is 3.65. The molecule has 1 aliphatic carbocycles. The first-order chi connectivity index (χ1) is 11.7. The van der Waals surface area contributed by atoms with Crippen LogP contribution in [0.5, 0.6) is 0 Å². The maximum absolute atomic E-state index is 13.3. The Hall–Kier alpha value is -2.53. The highest BCUT2D eigenvalue weighted by atomic mass is 19.1. The standard InChI is InChI=1S/C19H19FN4/c1-21-17-8-7-15-14(9-10-22-19(15)17)16-11-24(2)23-18(16)12-3-5-13(20)6-4-12/h3-6,9-11,17,21H,7-8H2,1-2H3. The Labute approximate surface area is 140 Å². The van der Waals surface area contributed by atoms with Crippen LogP contribution in [0.3, 0.4) is 0 Å². The van der Waals surface area contributed by atoms with Gasteiger partial charge < -0.3 is 5.32 Å². The molecule has 1 unspecified atom stereocenters. The van der Waals surface area contributed by atoms with E-state index in [4.69, 9.17) is 0 Å². The number of halogens is 1. The minimum Gasteiger partial charge on any atom is -0.312 e. The third kappa shape index (κ3) is 2.41. The highest BCUT2D eigenvalue weighted by molar-refractivity contribution is 5.82. The Balaban J connectivity index is 1.87. The lowest BCUT2D eigenvalue weighted by molar-refractivity contribution is 0.579. The average Bonchev–Trinajstić information content (AvgIpc) is 3.18. The first-order valence-electron chi connectivity index (χ1n) is 8.12. The molecule has 1 aliphatic rings. The molecule has 0 spiro atoms. The third-order valence-electron chi connectivity index (χ3n) is 4.69. The van der Waals surface area contributed by atoms with Crippen molar-refractivity contribution in [3.8, 4) is 22.4 Å². The van der Waals surface area contributed by atoms with Crippen molar-refractivity contribution in [2.45, 2.75) is 18.9 Å². The predicted octanol–water partition coefficient (Wildman–Crippen LogP) is 3.49. The minimum atomic E-state index is -0.238. The van der Waals surface area contributed by atoms with Crippen LogP contribution >= 0.6 is 0 Å². The second-order valence-electron chi connectivity index (χ2n) is 6.17. The number of nitrogens with zero attached hydrogens (tertiary/aromatic N) is 3. The summed E-state index contributed by atoms with van der Waals surface area (Å²) >= 11 is 0. The molecule has 0 saturated carbocycles. The molecule has 0 aliphatic heterocycles. The van der Waals surface area contributed by atoms with Crippen LogP contribution in [0, 0.1) is 5.82 Å². The van der Waals surface area contributed by atoms with E-state index in [0.717, 1.165) is 35.4 Å². The zero-order valence-electron chi connectivity index (χ0n) is 13.8. The van der Waals surface area contributed by atoms with Crippen LogP contribution in [-0.4, -0.2) is 21.8 Å². The van der Waals surface area contributed by atoms with Gasteiger partial charge in [-0.25, -0.2) is 4.39 Å². The molecule has 0 bridgehead atoms. The van der Waals surface area contributed by atoms with Gasteiger partial charge in [-0.15, -0.1) is 0 Å². The molecule has 1 aromatic carbocycles. The molecule has 5 heteroatoms. The van der Waals surface area contributed by atoms with Gasteiger partial charge in [0.2, 0.25) is 0 Å². The number of pyridine rings is 1. The van der Waals surface area contributed by atoms with Crippen LogP contribution < -0.4 is 5.32 Å². The maximum Gasteiger partial charge on any atom is 0.123 e. The molecular formula is C19H19FN4. The number of aryl methyl sites for hydroxylation is 1. The topological polar surface area (TPSA) is 42.7 Å². The van der Waals surface area contributed by atoms with Gasteiger partial charge in [0.05, 0.1) is 5.69 Å². The molecular weight excluding hydrogens is 303 g/mol. The van der Waals surface area contributed by atoms with Gasteiger partial charge in [-0.1, -0.05) is 0 Å². The highest BCUT2D eigenvalue weighted by Crippen LogP contribution is 2.39. The summed E-state index contributed by atoms with van der Waals surface area (Å²) in [6.45, 7) is 0. The molecule has 2 heterocycles. The molecule has 24 heavy (non-hydrogen) atoms. The largest absolute Gasteiger partial charge is 0.312 e. The van der Waals surface area contributed by atoms with Crippen LogP contribution in [0.1, 0.15) is 23.7 Å². The monoisotopic (exact) mass is 322 g/mol. The van der Waals surface area contributed by atoms with Crippen LogP contribution in [0.25, 0.3) is 22.4 Å². The Morgan fingerprint density at radius 3 is 2.71 bits per heavy atom. The van der Waals surface area contributed by atoms with Crippen molar-refractivity contribution in [3.63, 3.8) is 0 Å². The van der Waals surface area contributed by atoms with E-state index in [1.165, 1.54) is 23.3 Å². The zero-order valence-corrected chi connectivity index (χ0v) is 13.8. The van der Waals surface area contributed by atoms with E-state index < -0.39 is 0 Å². The molecule has 1 atom stereocenters. The van der Waals surface area contributed by atoms with Gasteiger partial charge in [-0.05, 0) is 61.3 Å². The Morgan fingerprint density at radius 1 is 1.17 bits per heavy atom. The van der Waals surface area contributed by atoms with Gasteiger partial charge in [0.15, 0.2) is 0 Å². The lowest BCUT2D eigenvalue weighted by Gasteiger charge is -2.11. The van der Waals surface area contributed by atoms with E-state index in [1.54, 1.807) is 12.1 Å². The van der Waals surface area contributed by atoms with Gasteiger partial charge in [0, 0.05) is 36.6 Å². The summed E-state index contributed by atoms with van der Waals surface area (Å²) in [7, 11) is 3.89. The number of hydrogen-bond acceptors (Lipinski definition) is 3. The number of aromatic nitrogens is 3. The number of fused-ring (bicyclic) bond motifs is 1. The smallest absolute Gasteiger partial charge is 0.123 e. The maximum atomic E-state index is 13.3. The van der Waals surface area contributed by atoms with Crippen molar-refractivity contribution in [3.05, 3.63) is 59.8 Å². The summed E-state index contributed by atoms with van der Waals surface area (Å²) in [6.07, 6.45) is 5.95. The number of nitrogens with one attached hydrogen (secondary N) is 1. The highest BCUT2D eigenvalue weighted by Gasteiger charge is 2.26. The fourth-order valence-electron chi connectivity index (χ4n) is 3.54. The van der Waals surface area contributed by atoms with Gasteiger partial charge in [-0.2, -0.15) is 5.10 Å². The fraction of sp³-hybridized carbons (Fsp3) is 0.263. The number of benzene rings is 1. The van der Waals surface area contributed by atoms with Gasteiger partial charge >= 0.3 is 0 Å². The van der Waals surface area contributed by atoms with Crippen LogP contribution in [-0.2, 0) is 13.5 Å². The van der Waals surface area contributed by atoms with E-state index in [-0.39, 0.29) is 5.82 Å².